The number of ketones is 1. The molecule has 0 unspecified atom stereocenters. The van der Waals surface area contributed by atoms with Crippen molar-refractivity contribution in [3.63, 3.8) is 0 Å². The van der Waals surface area contributed by atoms with Crippen molar-refractivity contribution >= 4 is 46.6 Å². The standard InChI is InChI=1S/C30H37N5O5/c1-30(2,3)25(36)18-34-24-16-9-8-15-23(24)27(20-11-6-5-7-12-20)32-35(28(34)38)19-26(37)31-21-13-10-14-22(17-21)33(4)29(39)40/h8-10,13-17,20H,5-7,11-12,18-19H2,1-4H3,(H,31,37)(H,39,40). The lowest BCUT2D eigenvalue weighted by atomic mass is 9.83. The summed E-state index contributed by atoms with van der Waals surface area (Å²) in [6, 6.07) is 13.4. The van der Waals surface area contributed by atoms with E-state index in [1.54, 1.807) is 18.2 Å². The largest absolute Gasteiger partial charge is 0.465 e. The molecule has 1 fully saturated rings. The molecule has 1 aliphatic carbocycles. The normalized spacial score (nSPS) is 16.1. The maximum atomic E-state index is 13.9. The van der Waals surface area contributed by atoms with E-state index < -0.39 is 23.4 Å². The van der Waals surface area contributed by atoms with Gasteiger partial charge in [-0.2, -0.15) is 5.10 Å². The van der Waals surface area contributed by atoms with Gasteiger partial charge in [-0.3, -0.25) is 19.4 Å². The maximum Gasteiger partial charge on any atom is 0.411 e. The zero-order chi connectivity index (χ0) is 29.0. The number of carbonyl (C=O) groups is 4. The molecule has 4 amide bonds. The van der Waals surface area contributed by atoms with Crippen molar-refractivity contribution in [1.29, 1.82) is 0 Å². The van der Waals surface area contributed by atoms with Crippen LogP contribution in [0.4, 0.5) is 26.7 Å². The van der Waals surface area contributed by atoms with Crippen molar-refractivity contribution in [3.05, 3.63) is 54.1 Å². The SMILES string of the molecule is CN(C(=O)O)c1cccc(NC(=O)CN2N=C(C3CCCCC3)c3ccccc3N(CC(=O)C(C)(C)C)C2=O)c1. The van der Waals surface area contributed by atoms with Crippen LogP contribution in [0, 0.1) is 11.3 Å². The van der Waals surface area contributed by atoms with Gasteiger partial charge in [0.1, 0.15) is 6.54 Å². The van der Waals surface area contributed by atoms with Crippen LogP contribution in [-0.2, 0) is 9.59 Å². The van der Waals surface area contributed by atoms with E-state index in [2.05, 4.69) is 5.32 Å². The minimum Gasteiger partial charge on any atom is -0.465 e. The van der Waals surface area contributed by atoms with Gasteiger partial charge in [0.25, 0.3) is 0 Å². The summed E-state index contributed by atoms with van der Waals surface area (Å²) in [6.45, 7) is 4.93. The molecule has 2 N–H and O–H groups in total. The first-order valence-corrected chi connectivity index (χ1v) is 13.6. The molecule has 4 rings (SSSR count). The van der Waals surface area contributed by atoms with Gasteiger partial charge in [0, 0.05) is 35.3 Å². The summed E-state index contributed by atoms with van der Waals surface area (Å²) in [6.07, 6.45) is 4.02. The highest BCUT2D eigenvalue weighted by molar-refractivity contribution is 6.13. The van der Waals surface area contributed by atoms with E-state index in [0.29, 0.717) is 17.1 Å². The summed E-state index contributed by atoms with van der Waals surface area (Å²) in [5, 5.41) is 18.0. The number of benzene rings is 2. The highest BCUT2D eigenvalue weighted by Crippen LogP contribution is 2.34. The Kier molecular flexibility index (Phi) is 8.56. The van der Waals surface area contributed by atoms with Gasteiger partial charge < -0.3 is 10.4 Å². The number of Topliss-reactive ketones (excluding diaryl/α,β-unsaturated/α-hetero) is 1. The number of carboxylic acid groups (broad SMARTS) is 1. The minimum absolute atomic E-state index is 0.111. The topological polar surface area (TPSA) is 123 Å². The van der Waals surface area contributed by atoms with Crippen LogP contribution in [0.15, 0.2) is 53.6 Å². The van der Waals surface area contributed by atoms with Gasteiger partial charge in [0.15, 0.2) is 5.78 Å². The van der Waals surface area contributed by atoms with E-state index in [1.165, 1.54) is 18.0 Å². The Morgan fingerprint density at radius 3 is 2.40 bits per heavy atom. The Hall–Kier alpha value is -4.21. The minimum atomic E-state index is -1.13. The molecule has 1 aliphatic heterocycles. The fourth-order valence-electron chi connectivity index (χ4n) is 4.95. The lowest BCUT2D eigenvalue weighted by molar-refractivity contribution is -0.124. The fourth-order valence-corrected chi connectivity index (χ4v) is 4.95. The van der Waals surface area contributed by atoms with E-state index in [9.17, 15) is 24.3 Å². The number of hydrazone groups is 1. The quantitative estimate of drug-likeness (QED) is 0.468. The predicted molar refractivity (Wildman–Crippen MR) is 155 cm³/mol. The number of amides is 4. The molecule has 40 heavy (non-hydrogen) atoms. The van der Waals surface area contributed by atoms with Gasteiger partial charge >= 0.3 is 12.1 Å². The number of hydrogen-bond donors (Lipinski definition) is 2. The number of nitrogens with zero attached hydrogens (tertiary/aromatic N) is 4. The molecule has 0 atom stereocenters. The van der Waals surface area contributed by atoms with E-state index in [1.807, 2.05) is 45.0 Å². The Balaban J connectivity index is 1.67. The van der Waals surface area contributed by atoms with E-state index in [4.69, 9.17) is 5.10 Å². The molecule has 10 heteroatoms. The van der Waals surface area contributed by atoms with Crippen LogP contribution >= 0.6 is 0 Å². The fraction of sp³-hybridized carbons (Fsp3) is 0.433. The van der Waals surface area contributed by atoms with E-state index in [0.717, 1.165) is 53.3 Å². The van der Waals surface area contributed by atoms with Crippen molar-refractivity contribution < 1.29 is 24.3 Å². The van der Waals surface area contributed by atoms with Gasteiger partial charge in [0.05, 0.1) is 17.9 Å². The van der Waals surface area contributed by atoms with Crippen LogP contribution in [0.3, 0.4) is 0 Å². The molecular formula is C30H37N5O5. The summed E-state index contributed by atoms with van der Waals surface area (Å²) in [7, 11) is 1.41. The second-order valence-electron chi connectivity index (χ2n) is 11.4. The monoisotopic (exact) mass is 547 g/mol. The summed E-state index contributed by atoms with van der Waals surface area (Å²) in [4.78, 5) is 54.1. The zero-order valence-corrected chi connectivity index (χ0v) is 23.5. The van der Waals surface area contributed by atoms with Gasteiger partial charge in [0.2, 0.25) is 5.91 Å². The second kappa shape index (κ2) is 11.9. The molecule has 2 aromatic carbocycles. The van der Waals surface area contributed by atoms with Crippen LogP contribution in [-0.4, -0.2) is 59.8 Å². The number of nitrogens with one attached hydrogen (secondary N) is 1. The molecule has 10 nitrogen and oxygen atoms in total. The van der Waals surface area contributed by atoms with Crippen LogP contribution in [0.25, 0.3) is 0 Å². The third kappa shape index (κ3) is 6.50. The molecule has 0 bridgehead atoms. The first-order chi connectivity index (χ1) is 19.0. The maximum absolute atomic E-state index is 13.9. The molecule has 1 heterocycles. The average molecular weight is 548 g/mol. The Morgan fingerprint density at radius 2 is 1.73 bits per heavy atom. The highest BCUT2D eigenvalue weighted by atomic mass is 16.4. The first kappa shape index (κ1) is 28.8. The van der Waals surface area contributed by atoms with Gasteiger partial charge in [-0.05, 0) is 37.1 Å². The Morgan fingerprint density at radius 1 is 1.02 bits per heavy atom. The average Bonchev–Trinajstić information content (AvgIpc) is 3.03. The smallest absolute Gasteiger partial charge is 0.411 e. The lowest BCUT2D eigenvalue weighted by Crippen LogP contribution is -2.47. The van der Waals surface area contributed by atoms with Crippen LogP contribution in [0.5, 0.6) is 0 Å². The predicted octanol–water partition coefficient (Wildman–Crippen LogP) is 5.58. The zero-order valence-electron chi connectivity index (χ0n) is 23.5. The summed E-state index contributed by atoms with van der Waals surface area (Å²) < 4.78 is 0. The molecule has 0 radical (unpaired) electrons. The molecular weight excluding hydrogens is 510 g/mol. The Labute approximate surface area is 234 Å². The number of fused-ring (bicyclic) bond motifs is 1. The van der Waals surface area contributed by atoms with Gasteiger partial charge in [-0.25, -0.2) is 14.6 Å². The summed E-state index contributed by atoms with van der Waals surface area (Å²) >= 11 is 0. The molecule has 2 aliphatic rings. The van der Waals surface area contributed by atoms with E-state index >= 15 is 0 Å². The van der Waals surface area contributed by atoms with Gasteiger partial charge in [-0.15, -0.1) is 0 Å². The molecule has 0 spiro atoms. The molecule has 2 aromatic rings. The van der Waals surface area contributed by atoms with Crippen LogP contribution in [0.2, 0.25) is 0 Å². The summed E-state index contributed by atoms with van der Waals surface area (Å²) in [5.41, 5.74) is 2.28. The number of para-hydroxylation sites is 1. The van der Waals surface area contributed by atoms with Crippen molar-refractivity contribution in [2.75, 3.05) is 35.3 Å². The van der Waals surface area contributed by atoms with Crippen molar-refractivity contribution in [3.8, 4) is 0 Å². The number of rotatable bonds is 7. The number of hydrogen-bond acceptors (Lipinski definition) is 5. The third-order valence-corrected chi connectivity index (χ3v) is 7.38. The highest BCUT2D eigenvalue weighted by Gasteiger charge is 2.36. The second-order valence-corrected chi connectivity index (χ2v) is 11.4. The first-order valence-electron chi connectivity index (χ1n) is 13.6. The molecule has 1 saturated carbocycles. The number of urea groups is 1. The molecule has 212 valence electrons. The van der Waals surface area contributed by atoms with Gasteiger partial charge in [-0.1, -0.05) is 64.3 Å². The number of carbonyl (C=O) groups excluding carboxylic acids is 3. The lowest BCUT2D eigenvalue weighted by Gasteiger charge is -2.28. The van der Waals surface area contributed by atoms with Crippen molar-refractivity contribution in [2.24, 2.45) is 16.4 Å². The summed E-state index contributed by atoms with van der Waals surface area (Å²) in [5.74, 6) is -0.474. The van der Waals surface area contributed by atoms with Crippen molar-refractivity contribution in [1.82, 2.24) is 5.01 Å². The van der Waals surface area contributed by atoms with Crippen LogP contribution in [0.1, 0.15) is 58.4 Å². The molecule has 0 saturated heterocycles. The Bertz CT molecular complexity index is 1330. The molecule has 0 aromatic heterocycles. The van der Waals surface area contributed by atoms with Crippen LogP contribution < -0.4 is 15.1 Å². The van der Waals surface area contributed by atoms with Crippen molar-refractivity contribution in [2.45, 2.75) is 52.9 Å². The third-order valence-electron chi connectivity index (χ3n) is 7.38. The number of anilines is 3. The van der Waals surface area contributed by atoms with E-state index in [-0.39, 0.29) is 24.8 Å².